The Kier molecular flexibility index (Phi) is 4.92. The molecule has 0 saturated carbocycles. The van der Waals surface area contributed by atoms with Gasteiger partial charge in [0.1, 0.15) is 11.2 Å². The monoisotopic (exact) mass is 337 g/mol. The molecule has 8 heteroatoms. The van der Waals surface area contributed by atoms with Gasteiger partial charge < -0.3 is 4.90 Å². The van der Waals surface area contributed by atoms with E-state index in [9.17, 15) is 8.42 Å². The van der Waals surface area contributed by atoms with Gasteiger partial charge in [0.25, 0.3) is 0 Å². The summed E-state index contributed by atoms with van der Waals surface area (Å²) in [5.74, 6) is 2.86. The maximum Gasteiger partial charge on any atom is 0.171 e. The molecule has 0 aliphatic carbocycles. The molecule has 20 heavy (non-hydrogen) atoms. The van der Waals surface area contributed by atoms with Crippen LogP contribution >= 0.6 is 23.4 Å². The highest BCUT2D eigenvalue weighted by Gasteiger charge is 2.35. The van der Waals surface area contributed by atoms with E-state index in [2.05, 4.69) is 5.10 Å². The summed E-state index contributed by atoms with van der Waals surface area (Å²) in [6.45, 7) is 4.31. The fourth-order valence-electron chi connectivity index (χ4n) is 2.52. The van der Waals surface area contributed by atoms with E-state index in [0.29, 0.717) is 18.2 Å². The lowest BCUT2D eigenvalue weighted by Crippen LogP contribution is -2.49. The third-order valence-electron chi connectivity index (χ3n) is 3.62. The van der Waals surface area contributed by atoms with E-state index < -0.39 is 15.2 Å². The van der Waals surface area contributed by atoms with Gasteiger partial charge in [0.05, 0.1) is 11.6 Å². The second kappa shape index (κ2) is 6.15. The summed E-state index contributed by atoms with van der Waals surface area (Å²) in [7, 11) is -1.29. The maximum atomic E-state index is 12.3. The van der Waals surface area contributed by atoms with Crippen LogP contribution in [0.1, 0.15) is 18.2 Å². The third-order valence-corrected chi connectivity index (χ3v) is 7.18. The zero-order valence-electron chi connectivity index (χ0n) is 12.0. The molecule has 1 fully saturated rings. The predicted octanol–water partition coefficient (Wildman–Crippen LogP) is 1.78. The van der Waals surface area contributed by atoms with Gasteiger partial charge in [-0.3, -0.25) is 4.68 Å². The van der Waals surface area contributed by atoms with Gasteiger partial charge in [0.15, 0.2) is 9.84 Å². The quantitative estimate of drug-likeness (QED) is 0.784. The normalized spacial score (nSPS) is 20.4. The topological polar surface area (TPSA) is 55.2 Å². The maximum absolute atomic E-state index is 12.3. The SMILES string of the molecule is CCS(=O)(=O)C1CSCCN1c1c(CCl)c(C)nn1C. The lowest BCUT2D eigenvalue weighted by Gasteiger charge is -2.36. The molecule has 1 saturated heterocycles. The highest BCUT2D eigenvalue weighted by atomic mass is 35.5. The number of nitrogens with zero attached hydrogens (tertiary/aromatic N) is 3. The summed E-state index contributed by atoms with van der Waals surface area (Å²) in [6.07, 6.45) is 0. The second-order valence-corrected chi connectivity index (χ2v) is 8.68. The van der Waals surface area contributed by atoms with Crippen LogP contribution < -0.4 is 4.90 Å². The Hall–Kier alpha value is -0.400. The molecule has 1 aliphatic heterocycles. The number of hydrogen-bond donors (Lipinski definition) is 0. The Bertz CT molecular complexity index is 586. The molecule has 0 radical (unpaired) electrons. The molecule has 1 aromatic rings. The lowest BCUT2D eigenvalue weighted by atomic mass is 10.2. The molecule has 1 aromatic heterocycles. The summed E-state index contributed by atoms with van der Waals surface area (Å²) in [5, 5.41) is 3.90. The van der Waals surface area contributed by atoms with E-state index in [1.807, 2.05) is 18.9 Å². The molecule has 2 heterocycles. The molecule has 1 atom stereocenters. The number of aryl methyl sites for hydroxylation is 2. The largest absolute Gasteiger partial charge is 0.338 e. The number of alkyl halides is 1. The van der Waals surface area contributed by atoms with Crippen molar-refractivity contribution in [3.05, 3.63) is 11.3 Å². The molecule has 0 N–H and O–H groups in total. The number of anilines is 1. The van der Waals surface area contributed by atoms with Crippen LogP contribution in [0.4, 0.5) is 5.82 Å². The molecular formula is C12H20ClN3O2S2. The van der Waals surface area contributed by atoms with Crippen molar-refractivity contribution in [1.82, 2.24) is 9.78 Å². The van der Waals surface area contributed by atoms with E-state index in [-0.39, 0.29) is 5.75 Å². The van der Waals surface area contributed by atoms with E-state index >= 15 is 0 Å². The van der Waals surface area contributed by atoms with Gasteiger partial charge >= 0.3 is 0 Å². The summed E-state index contributed by atoms with van der Waals surface area (Å²) >= 11 is 7.72. The number of hydrogen-bond acceptors (Lipinski definition) is 5. The highest BCUT2D eigenvalue weighted by Crippen LogP contribution is 2.32. The fourth-order valence-corrected chi connectivity index (χ4v) is 5.80. The molecule has 114 valence electrons. The summed E-state index contributed by atoms with van der Waals surface area (Å²) in [5.41, 5.74) is 1.79. The third kappa shape index (κ3) is 2.80. The Balaban J connectivity index is 2.48. The molecule has 0 aromatic carbocycles. The predicted molar refractivity (Wildman–Crippen MR) is 85.4 cm³/mol. The number of rotatable bonds is 4. The Morgan fingerprint density at radius 2 is 2.20 bits per heavy atom. The van der Waals surface area contributed by atoms with E-state index in [1.54, 1.807) is 23.4 Å². The Morgan fingerprint density at radius 1 is 1.50 bits per heavy atom. The van der Waals surface area contributed by atoms with E-state index in [0.717, 1.165) is 22.8 Å². The number of thioether (sulfide) groups is 1. The van der Waals surface area contributed by atoms with Crippen molar-refractivity contribution in [3.63, 3.8) is 0 Å². The standard InChI is InChI=1S/C12H20ClN3O2S2/c1-4-20(17,18)11-8-19-6-5-16(11)12-10(7-13)9(2)14-15(12)3/h11H,4-8H2,1-3H3. The van der Waals surface area contributed by atoms with Gasteiger partial charge in [-0.05, 0) is 6.92 Å². The van der Waals surface area contributed by atoms with Gasteiger partial charge in [0, 0.05) is 36.4 Å². The van der Waals surface area contributed by atoms with Crippen LogP contribution in [0.2, 0.25) is 0 Å². The van der Waals surface area contributed by atoms with Gasteiger partial charge in [0.2, 0.25) is 0 Å². The van der Waals surface area contributed by atoms with E-state index in [4.69, 9.17) is 11.6 Å². The van der Waals surface area contributed by atoms with Gasteiger partial charge in [-0.15, -0.1) is 11.6 Å². The van der Waals surface area contributed by atoms with Crippen molar-refractivity contribution >= 4 is 39.0 Å². The summed E-state index contributed by atoms with van der Waals surface area (Å²) in [6, 6.07) is 0. The van der Waals surface area contributed by atoms with Gasteiger partial charge in [-0.1, -0.05) is 6.92 Å². The molecule has 1 unspecified atom stereocenters. The first kappa shape index (κ1) is 16.0. The highest BCUT2D eigenvalue weighted by molar-refractivity contribution is 8.01. The first-order valence-corrected chi connectivity index (χ1v) is 9.97. The Labute approximate surface area is 129 Å². The minimum atomic E-state index is -3.13. The van der Waals surface area contributed by atoms with Crippen molar-refractivity contribution in [3.8, 4) is 0 Å². The van der Waals surface area contributed by atoms with Gasteiger partial charge in [-0.25, -0.2) is 8.42 Å². The van der Waals surface area contributed by atoms with Crippen molar-refractivity contribution in [2.45, 2.75) is 25.1 Å². The molecule has 2 rings (SSSR count). The smallest absolute Gasteiger partial charge is 0.171 e. The zero-order chi connectivity index (χ0) is 14.9. The van der Waals surface area contributed by atoms with Crippen LogP contribution in [0, 0.1) is 6.92 Å². The van der Waals surface area contributed by atoms with Crippen molar-refractivity contribution < 1.29 is 8.42 Å². The minimum Gasteiger partial charge on any atom is -0.338 e. The molecule has 1 aliphatic rings. The van der Waals surface area contributed by atoms with Crippen molar-refractivity contribution in [2.75, 3.05) is 28.7 Å². The van der Waals surface area contributed by atoms with Gasteiger partial charge in [-0.2, -0.15) is 16.9 Å². The number of aromatic nitrogens is 2. The molecule has 0 amide bonds. The molecular weight excluding hydrogens is 318 g/mol. The van der Waals surface area contributed by atoms with Crippen LogP contribution in [0.25, 0.3) is 0 Å². The van der Waals surface area contributed by atoms with Crippen LogP contribution in [-0.4, -0.2) is 47.4 Å². The first-order chi connectivity index (χ1) is 9.42. The van der Waals surface area contributed by atoms with Crippen molar-refractivity contribution in [2.24, 2.45) is 7.05 Å². The lowest BCUT2D eigenvalue weighted by molar-refractivity contribution is 0.576. The fraction of sp³-hybridized carbons (Fsp3) is 0.750. The Morgan fingerprint density at radius 3 is 2.80 bits per heavy atom. The minimum absolute atomic E-state index is 0.155. The van der Waals surface area contributed by atoms with E-state index in [1.165, 1.54) is 0 Å². The number of halogens is 1. The average molecular weight is 338 g/mol. The number of sulfone groups is 1. The second-order valence-electron chi connectivity index (χ2n) is 4.82. The average Bonchev–Trinajstić information content (AvgIpc) is 2.72. The molecule has 0 bridgehead atoms. The van der Waals surface area contributed by atoms with Crippen molar-refractivity contribution in [1.29, 1.82) is 0 Å². The van der Waals surface area contributed by atoms with Crippen LogP contribution in [0.5, 0.6) is 0 Å². The zero-order valence-corrected chi connectivity index (χ0v) is 14.4. The summed E-state index contributed by atoms with van der Waals surface area (Å²) < 4.78 is 26.4. The van der Waals surface area contributed by atoms with Crippen LogP contribution in [0.3, 0.4) is 0 Å². The molecule has 5 nitrogen and oxygen atoms in total. The summed E-state index contributed by atoms with van der Waals surface area (Å²) in [4.78, 5) is 1.97. The van der Waals surface area contributed by atoms with Crippen LogP contribution in [-0.2, 0) is 22.8 Å². The van der Waals surface area contributed by atoms with Crippen LogP contribution in [0.15, 0.2) is 0 Å². The first-order valence-electron chi connectivity index (χ1n) is 6.56. The molecule has 0 spiro atoms.